The molecule has 0 aromatic heterocycles. The summed E-state index contributed by atoms with van der Waals surface area (Å²) >= 11 is 0. The number of rotatable bonds is 3. The summed E-state index contributed by atoms with van der Waals surface area (Å²) in [7, 11) is 0. The summed E-state index contributed by atoms with van der Waals surface area (Å²) in [6.45, 7) is 10.1. The van der Waals surface area contributed by atoms with E-state index in [1.54, 1.807) is 6.26 Å². The van der Waals surface area contributed by atoms with Crippen molar-refractivity contribution in [1.82, 2.24) is 0 Å². The largest absolute Gasteiger partial charge is 0.431 e. The van der Waals surface area contributed by atoms with Gasteiger partial charge in [0, 0.05) is 5.92 Å². The summed E-state index contributed by atoms with van der Waals surface area (Å²) in [5.74, 6) is 2.33. The van der Waals surface area contributed by atoms with Crippen molar-refractivity contribution in [2.45, 2.75) is 27.2 Å². The lowest BCUT2D eigenvalue weighted by Gasteiger charge is -2.17. The maximum absolute atomic E-state index is 5.32. The highest BCUT2D eigenvalue weighted by Crippen LogP contribution is 2.30. The van der Waals surface area contributed by atoms with Gasteiger partial charge in [-0.3, -0.25) is 0 Å². The molecule has 0 radical (unpaired) electrons. The minimum absolute atomic E-state index is 0.393. The molecule has 1 aliphatic rings. The predicted octanol–water partition coefficient (Wildman–Crippen LogP) is 3.03. The topological polar surface area (TPSA) is 18.5 Å². The van der Waals surface area contributed by atoms with Crippen LogP contribution in [-0.2, 0) is 9.47 Å². The third-order valence-electron chi connectivity index (χ3n) is 2.15. The van der Waals surface area contributed by atoms with Crippen LogP contribution in [0.15, 0.2) is 24.5 Å². The van der Waals surface area contributed by atoms with Crippen LogP contribution >= 0.6 is 0 Å². The van der Waals surface area contributed by atoms with Crippen molar-refractivity contribution in [3.63, 3.8) is 0 Å². The van der Waals surface area contributed by atoms with E-state index in [9.17, 15) is 0 Å². The van der Waals surface area contributed by atoms with E-state index in [0.717, 1.165) is 12.2 Å². The monoisotopic (exact) mass is 168 g/mol. The third-order valence-corrected chi connectivity index (χ3v) is 2.15. The second kappa shape index (κ2) is 3.65. The van der Waals surface area contributed by atoms with Crippen LogP contribution in [0.5, 0.6) is 0 Å². The van der Waals surface area contributed by atoms with E-state index < -0.39 is 0 Å². The van der Waals surface area contributed by atoms with Crippen LogP contribution in [0, 0.1) is 11.8 Å². The van der Waals surface area contributed by atoms with Gasteiger partial charge in [0.05, 0.1) is 0 Å². The first-order valence-corrected chi connectivity index (χ1v) is 4.38. The molecule has 0 saturated heterocycles. The van der Waals surface area contributed by atoms with Crippen LogP contribution in [0.2, 0.25) is 0 Å². The van der Waals surface area contributed by atoms with E-state index in [2.05, 4.69) is 27.4 Å². The van der Waals surface area contributed by atoms with Crippen molar-refractivity contribution in [2.75, 3.05) is 0 Å². The molecule has 2 heteroatoms. The number of hydrogen-bond donors (Lipinski definition) is 0. The summed E-state index contributed by atoms with van der Waals surface area (Å²) in [6.07, 6.45) is 2.73. The average Bonchev–Trinajstić information content (AvgIpc) is 2.37. The van der Waals surface area contributed by atoms with Crippen LogP contribution in [0.3, 0.4) is 0 Å². The number of ether oxygens (including phenoxy) is 2. The van der Waals surface area contributed by atoms with Crippen molar-refractivity contribution in [3.05, 3.63) is 24.5 Å². The molecule has 68 valence electrons. The van der Waals surface area contributed by atoms with Gasteiger partial charge in [-0.1, -0.05) is 20.8 Å². The Hall–Kier alpha value is -0.920. The van der Waals surface area contributed by atoms with Gasteiger partial charge in [0.1, 0.15) is 12.0 Å². The van der Waals surface area contributed by atoms with Crippen molar-refractivity contribution in [3.8, 4) is 0 Å². The molecular formula is C10H16O2. The lowest BCUT2D eigenvalue weighted by molar-refractivity contribution is 0.164. The highest BCUT2D eigenvalue weighted by molar-refractivity contribution is 5.04. The average molecular weight is 168 g/mol. The Morgan fingerprint density at radius 1 is 1.50 bits per heavy atom. The van der Waals surface area contributed by atoms with E-state index in [0.29, 0.717) is 17.8 Å². The van der Waals surface area contributed by atoms with Crippen LogP contribution < -0.4 is 0 Å². The van der Waals surface area contributed by atoms with Gasteiger partial charge in [-0.05, 0) is 18.9 Å². The highest BCUT2D eigenvalue weighted by atomic mass is 16.7. The zero-order chi connectivity index (χ0) is 9.14. The molecule has 0 amide bonds. The quantitative estimate of drug-likeness (QED) is 0.645. The number of hydrogen-bond acceptors (Lipinski definition) is 2. The van der Waals surface area contributed by atoms with Gasteiger partial charge in [-0.25, -0.2) is 0 Å². The normalized spacial score (nSPS) is 18.7. The SMILES string of the molecule is C=C1OC=C(C(CC)C(C)C)O1. The van der Waals surface area contributed by atoms with E-state index in [4.69, 9.17) is 9.47 Å². The van der Waals surface area contributed by atoms with Gasteiger partial charge in [0.15, 0.2) is 0 Å². The molecule has 1 unspecified atom stereocenters. The van der Waals surface area contributed by atoms with Gasteiger partial charge < -0.3 is 9.47 Å². The Morgan fingerprint density at radius 2 is 2.17 bits per heavy atom. The molecule has 0 bridgehead atoms. The molecule has 0 aliphatic carbocycles. The fourth-order valence-corrected chi connectivity index (χ4v) is 1.47. The Kier molecular flexibility index (Phi) is 2.79. The molecule has 0 aromatic rings. The summed E-state index contributed by atoms with van der Waals surface area (Å²) in [5, 5.41) is 0. The van der Waals surface area contributed by atoms with Crippen molar-refractivity contribution in [1.29, 1.82) is 0 Å². The summed E-state index contributed by atoms with van der Waals surface area (Å²) < 4.78 is 10.3. The molecule has 12 heavy (non-hydrogen) atoms. The van der Waals surface area contributed by atoms with Crippen molar-refractivity contribution < 1.29 is 9.47 Å². The van der Waals surface area contributed by atoms with Gasteiger partial charge in [0.2, 0.25) is 0 Å². The predicted molar refractivity (Wildman–Crippen MR) is 48.0 cm³/mol. The van der Waals surface area contributed by atoms with Crippen molar-refractivity contribution in [2.24, 2.45) is 11.8 Å². The maximum atomic E-state index is 5.32. The highest BCUT2D eigenvalue weighted by Gasteiger charge is 2.23. The van der Waals surface area contributed by atoms with E-state index in [1.165, 1.54) is 0 Å². The lowest BCUT2D eigenvalue weighted by Crippen LogP contribution is -2.10. The van der Waals surface area contributed by atoms with Crippen molar-refractivity contribution >= 4 is 0 Å². The second-order valence-corrected chi connectivity index (χ2v) is 3.37. The van der Waals surface area contributed by atoms with Crippen LogP contribution in [0.4, 0.5) is 0 Å². The first-order chi connectivity index (χ1) is 5.65. The Balaban J connectivity index is 2.61. The van der Waals surface area contributed by atoms with Gasteiger partial charge in [-0.15, -0.1) is 0 Å². The molecule has 1 heterocycles. The van der Waals surface area contributed by atoms with Crippen LogP contribution in [0.1, 0.15) is 27.2 Å². The van der Waals surface area contributed by atoms with E-state index in [-0.39, 0.29) is 0 Å². The fourth-order valence-electron chi connectivity index (χ4n) is 1.47. The minimum atomic E-state index is 0.393. The molecular weight excluding hydrogens is 152 g/mol. The maximum Gasteiger partial charge on any atom is 0.281 e. The smallest absolute Gasteiger partial charge is 0.281 e. The van der Waals surface area contributed by atoms with Gasteiger partial charge in [-0.2, -0.15) is 0 Å². The molecule has 0 saturated carbocycles. The Morgan fingerprint density at radius 3 is 2.50 bits per heavy atom. The second-order valence-electron chi connectivity index (χ2n) is 3.37. The first-order valence-electron chi connectivity index (χ1n) is 4.38. The standard InChI is InChI=1S/C10H16O2/c1-5-9(7(2)3)10-6-11-8(4)12-10/h6-7,9H,4-5H2,1-3H3. The zero-order valence-electron chi connectivity index (χ0n) is 7.96. The van der Waals surface area contributed by atoms with Crippen LogP contribution in [-0.4, -0.2) is 0 Å². The summed E-state index contributed by atoms with van der Waals surface area (Å²) in [5.41, 5.74) is 0. The van der Waals surface area contributed by atoms with Crippen LogP contribution in [0.25, 0.3) is 0 Å². The third kappa shape index (κ3) is 1.81. The molecule has 0 N–H and O–H groups in total. The fraction of sp³-hybridized carbons (Fsp3) is 0.600. The summed E-state index contributed by atoms with van der Waals surface area (Å²) in [4.78, 5) is 0. The molecule has 1 aliphatic heterocycles. The minimum Gasteiger partial charge on any atom is -0.431 e. The van der Waals surface area contributed by atoms with E-state index in [1.807, 2.05) is 0 Å². The molecule has 0 fully saturated rings. The molecule has 1 rings (SSSR count). The number of allylic oxidation sites excluding steroid dienone is 1. The van der Waals surface area contributed by atoms with E-state index >= 15 is 0 Å². The molecule has 0 aromatic carbocycles. The first kappa shape index (κ1) is 9.17. The Bertz CT molecular complexity index is 204. The zero-order valence-corrected chi connectivity index (χ0v) is 7.96. The molecule has 1 atom stereocenters. The van der Waals surface area contributed by atoms with Gasteiger partial charge >= 0.3 is 0 Å². The Labute approximate surface area is 73.9 Å². The summed E-state index contributed by atoms with van der Waals surface area (Å²) in [6, 6.07) is 0. The molecule has 2 nitrogen and oxygen atoms in total. The van der Waals surface area contributed by atoms with Gasteiger partial charge in [0.25, 0.3) is 5.95 Å². The lowest BCUT2D eigenvalue weighted by atomic mass is 9.92. The molecule has 0 spiro atoms.